The number of para-hydroxylation sites is 1. The molecule has 202 valence electrons. The van der Waals surface area contributed by atoms with E-state index in [1.54, 1.807) is 68.4 Å². The third-order valence-electron chi connectivity index (χ3n) is 5.92. The van der Waals surface area contributed by atoms with E-state index in [1.807, 2.05) is 0 Å². The predicted molar refractivity (Wildman–Crippen MR) is 153 cm³/mol. The summed E-state index contributed by atoms with van der Waals surface area (Å²) in [6, 6.07) is 18.9. The van der Waals surface area contributed by atoms with Crippen molar-refractivity contribution in [3.8, 4) is 6.07 Å². The number of halogens is 2. The molecule has 0 saturated heterocycles. The van der Waals surface area contributed by atoms with E-state index in [0.29, 0.717) is 21.8 Å². The Kier molecular flexibility index (Phi) is 8.79. The zero-order valence-corrected chi connectivity index (χ0v) is 22.8. The summed E-state index contributed by atoms with van der Waals surface area (Å²) in [6.07, 6.45) is 1.15. The van der Waals surface area contributed by atoms with Crippen LogP contribution in [0.3, 0.4) is 0 Å². The maximum absolute atomic E-state index is 12.4. The average Bonchev–Trinajstić information content (AvgIpc) is 2.93. The number of ether oxygens (including phenoxy) is 1. The number of rotatable bonds is 9. The Hall–Kier alpha value is -4.72. The Morgan fingerprint density at radius 3 is 2.35 bits per heavy atom. The van der Waals surface area contributed by atoms with E-state index in [4.69, 9.17) is 27.9 Å². The normalized spacial score (nSPS) is 11.3. The summed E-state index contributed by atoms with van der Waals surface area (Å²) in [5.41, 5.74) is 2.44. The molecule has 0 fully saturated rings. The van der Waals surface area contributed by atoms with Gasteiger partial charge in [0.15, 0.2) is 0 Å². The molecule has 10 nitrogen and oxygen atoms in total. The molecule has 3 aromatic carbocycles. The van der Waals surface area contributed by atoms with E-state index in [1.165, 1.54) is 6.07 Å². The van der Waals surface area contributed by atoms with Crippen molar-refractivity contribution in [1.29, 1.82) is 5.26 Å². The number of nitriles is 1. The number of hydrogen-bond acceptors (Lipinski definition) is 9. The number of nitro groups is 1. The summed E-state index contributed by atoms with van der Waals surface area (Å²) in [4.78, 5) is 32.0. The lowest BCUT2D eigenvalue weighted by molar-refractivity contribution is -0.383. The van der Waals surface area contributed by atoms with Gasteiger partial charge in [-0.1, -0.05) is 53.5 Å². The molecule has 40 heavy (non-hydrogen) atoms. The maximum Gasteiger partial charge on any atom is 0.353 e. The summed E-state index contributed by atoms with van der Waals surface area (Å²) in [5.74, 6) is -1.47. The molecule has 2 N–H and O–H groups in total. The molecule has 0 bridgehead atoms. The van der Waals surface area contributed by atoms with E-state index in [9.17, 15) is 20.2 Å². The van der Waals surface area contributed by atoms with E-state index in [0.717, 1.165) is 11.9 Å². The molecule has 1 unspecified atom stereocenters. The minimum atomic E-state index is -0.652. The first kappa shape index (κ1) is 28.3. The molecule has 1 atom stereocenters. The van der Waals surface area contributed by atoms with Crippen molar-refractivity contribution in [2.24, 2.45) is 0 Å². The van der Waals surface area contributed by atoms with Crippen LogP contribution in [0.1, 0.15) is 39.9 Å². The molecule has 4 aromatic rings. The number of aryl methyl sites for hydroxylation is 1. The van der Waals surface area contributed by atoms with Gasteiger partial charge in [0.1, 0.15) is 6.33 Å². The summed E-state index contributed by atoms with van der Waals surface area (Å²) < 4.78 is 5.08. The van der Waals surface area contributed by atoms with Gasteiger partial charge in [0.2, 0.25) is 11.6 Å². The molecule has 0 aliphatic carbocycles. The summed E-state index contributed by atoms with van der Waals surface area (Å²) in [6.45, 7) is 3.63. The highest BCUT2D eigenvalue weighted by Gasteiger charge is 2.26. The fraction of sp³-hybridized carbons (Fsp3) is 0.143. The Labute approximate surface area is 239 Å². The van der Waals surface area contributed by atoms with Gasteiger partial charge in [-0.3, -0.25) is 10.1 Å². The summed E-state index contributed by atoms with van der Waals surface area (Å²) in [5, 5.41) is 28.7. The van der Waals surface area contributed by atoms with Gasteiger partial charge in [-0.25, -0.2) is 14.8 Å². The van der Waals surface area contributed by atoms with Gasteiger partial charge in [-0.2, -0.15) is 5.26 Å². The van der Waals surface area contributed by atoms with E-state index in [2.05, 4.69) is 26.7 Å². The van der Waals surface area contributed by atoms with Crippen molar-refractivity contribution < 1.29 is 14.5 Å². The average molecular weight is 577 g/mol. The van der Waals surface area contributed by atoms with Crippen molar-refractivity contribution in [3.63, 3.8) is 0 Å². The monoisotopic (exact) mass is 576 g/mol. The molecular weight excluding hydrogens is 555 g/mol. The van der Waals surface area contributed by atoms with Gasteiger partial charge in [0.05, 0.1) is 34.8 Å². The number of aromatic nitrogens is 2. The van der Waals surface area contributed by atoms with Gasteiger partial charge in [-0.05, 0) is 60.9 Å². The molecule has 1 heterocycles. The lowest BCUT2D eigenvalue weighted by atomic mass is 9.91. The van der Waals surface area contributed by atoms with Crippen LogP contribution in [0.5, 0.6) is 0 Å². The van der Waals surface area contributed by atoms with Crippen molar-refractivity contribution in [2.45, 2.75) is 19.8 Å². The van der Waals surface area contributed by atoms with Gasteiger partial charge in [-0.15, -0.1) is 0 Å². The SMILES string of the molecule is CCOC(=O)c1ccccc1Nc1ncnc(Nc2cc(Cl)c(C(C#N)c3ccc(Cl)cc3)cc2C)c1[N+](=O)[O-]. The largest absolute Gasteiger partial charge is 0.462 e. The van der Waals surface area contributed by atoms with Gasteiger partial charge < -0.3 is 15.4 Å². The molecule has 0 amide bonds. The van der Waals surface area contributed by atoms with Gasteiger partial charge in [0.25, 0.3) is 0 Å². The molecule has 1 aromatic heterocycles. The first-order valence-corrected chi connectivity index (χ1v) is 12.7. The number of anilines is 4. The van der Waals surface area contributed by atoms with Crippen LogP contribution in [0.25, 0.3) is 0 Å². The van der Waals surface area contributed by atoms with Gasteiger partial charge >= 0.3 is 11.7 Å². The van der Waals surface area contributed by atoms with Crippen LogP contribution in [0.2, 0.25) is 10.0 Å². The van der Waals surface area contributed by atoms with Crippen LogP contribution in [-0.2, 0) is 4.74 Å². The molecule has 0 saturated carbocycles. The minimum absolute atomic E-state index is 0.0995. The smallest absolute Gasteiger partial charge is 0.353 e. The quantitative estimate of drug-likeness (QED) is 0.119. The lowest BCUT2D eigenvalue weighted by Crippen LogP contribution is -2.10. The first-order chi connectivity index (χ1) is 19.2. The standard InChI is InChI=1S/C28H22Cl2N6O4/c1-3-40-28(37)19-6-4-5-7-23(19)34-26-25(36(38)39)27(33-15-32-26)35-24-13-22(30)20(12-16(24)2)21(14-31)17-8-10-18(29)11-9-17/h4-13,15,21H,3H2,1-2H3,(H2,32,33,34,35). The maximum atomic E-state index is 12.4. The highest BCUT2D eigenvalue weighted by molar-refractivity contribution is 6.32. The van der Waals surface area contributed by atoms with Crippen molar-refractivity contribution in [1.82, 2.24) is 9.97 Å². The molecule has 4 rings (SSSR count). The first-order valence-electron chi connectivity index (χ1n) is 12.0. The second-order valence-electron chi connectivity index (χ2n) is 8.49. The Balaban J connectivity index is 1.69. The van der Waals surface area contributed by atoms with Crippen LogP contribution in [0.15, 0.2) is 67.0 Å². The number of nitrogens with zero attached hydrogens (tertiary/aromatic N) is 4. The van der Waals surface area contributed by atoms with Crippen LogP contribution >= 0.6 is 23.2 Å². The number of benzene rings is 3. The topological polar surface area (TPSA) is 143 Å². The van der Waals surface area contributed by atoms with Crippen LogP contribution in [-0.4, -0.2) is 27.5 Å². The van der Waals surface area contributed by atoms with Crippen molar-refractivity contribution in [3.05, 3.63) is 109 Å². The molecule has 0 aliphatic heterocycles. The minimum Gasteiger partial charge on any atom is -0.462 e. The zero-order chi connectivity index (χ0) is 28.8. The van der Waals surface area contributed by atoms with E-state index >= 15 is 0 Å². The third-order valence-corrected chi connectivity index (χ3v) is 6.50. The number of nitrogens with one attached hydrogen (secondary N) is 2. The summed E-state index contributed by atoms with van der Waals surface area (Å²) in [7, 11) is 0. The third kappa shape index (κ3) is 6.12. The van der Waals surface area contributed by atoms with Crippen LogP contribution in [0, 0.1) is 28.4 Å². The number of carbonyl (C=O) groups is 1. The van der Waals surface area contributed by atoms with E-state index in [-0.39, 0.29) is 34.5 Å². The molecule has 0 spiro atoms. The number of esters is 1. The van der Waals surface area contributed by atoms with Crippen molar-refractivity contribution in [2.75, 3.05) is 17.2 Å². The Morgan fingerprint density at radius 2 is 1.73 bits per heavy atom. The Bertz CT molecular complexity index is 1620. The Morgan fingerprint density at radius 1 is 1.07 bits per heavy atom. The zero-order valence-electron chi connectivity index (χ0n) is 21.3. The van der Waals surface area contributed by atoms with E-state index < -0.39 is 22.5 Å². The molecular formula is C28H22Cl2N6O4. The highest BCUT2D eigenvalue weighted by Crippen LogP contribution is 2.38. The van der Waals surface area contributed by atoms with Crippen LogP contribution < -0.4 is 10.6 Å². The lowest BCUT2D eigenvalue weighted by Gasteiger charge is -2.17. The highest BCUT2D eigenvalue weighted by atomic mass is 35.5. The van der Waals surface area contributed by atoms with Crippen molar-refractivity contribution >= 4 is 57.9 Å². The molecule has 0 radical (unpaired) electrons. The second kappa shape index (κ2) is 12.4. The fourth-order valence-electron chi connectivity index (χ4n) is 4.01. The predicted octanol–water partition coefficient (Wildman–Crippen LogP) is 7.32. The molecule has 0 aliphatic rings. The van der Waals surface area contributed by atoms with Crippen LogP contribution in [0.4, 0.5) is 28.7 Å². The van der Waals surface area contributed by atoms with Gasteiger partial charge in [0, 0.05) is 15.7 Å². The number of carbonyl (C=O) groups excluding carboxylic acids is 1. The fourth-order valence-corrected chi connectivity index (χ4v) is 4.41. The second-order valence-corrected chi connectivity index (χ2v) is 9.34. The molecule has 12 heteroatoms. The number of hydrogen-bond donors (Lipinski definition) is 2. The summed E-state index contributed by atoms with van der Waals surface area (Å²) >= 11 is 12.6.